The number of rotatable bonds is 2. The lowest BCUT2D eigenvalue weighted by molar-refractivity contribution is 0.109. The van der Waals surface area contributed by atoms with Gasteiger partial charge in [-0.1, -0.05) is 15.9 Å². The van der Waals surface area contributed by atoms with Crippen molar-refractivity contribution in [3.8, 4) is 0 Å². The number of furan rings is 1. The van der Waals surface area contributed by atoms with Gasteiger partial charge in [0.15, 0.2) is 12.0 Å². The van der Waals surface area contributed by atoms with Gasteiger partial charge in [-0.15, -0.1) is 0 Å². The average Bonchev–Trinajstić information content (AvgIpc) is 2.34. The van der Waals surface area contributed by atoms with E-state index in [9.17, 15) is 4.79 Å². The van der Waals surface area contributed by atoms with Gasteiger partial charge in [-0.3, -0.25) is 4.79 Å². The van der Waals surface area contributed by atoms with Crippen LogP contribution >= 0.6 is 15.9 Å². The number of carbonyl (C=O) groups excluding carboxylic acids is 1. The van der Waals surface area contributed by atoms with Crippen LogP contribution in [0.4, 0.5) is 0 Å². The summed E-state index contributed by atoms with van der Waals surface area (Å²) in [7, 11) is 0. The number of alkyl halides is 1. The van der Waals surface area contributed by atoms with Crippen LogP contribution in [0.25, 0.3) is 0 Å². The van der Waals surface area contributed by atoms with E-state index < -0.39 is 0 Å². The molecule has 1 aromatic rings. The Hall–Kier alpha value is -0.570. The maximum Gasteiger partial charge on any atom is 0.185 e. The summed E-state index contributed by atoms with van der Waals surface area (Å²) in [5, 5.41) is 0.654. The van der Waals surface area contributed by atoms with Gasteiger partial charge in [-0.25, -0.2) is 0 Å². The Kier molecular flexibility index (Phi) is 2.05. The molecular weight excluding hydrogens is 184 g/mol. The summed E-state index contributed by atoms with van der Waals surface area (Å²) in [5.41, 5.74) is 0. The van der Waals surface area contributed by atoms with E-state index in [2.05, 4.69) is 15.9 Å². The van der Waals surface area contributed by atoms with Gasteiger partial charge >= 0.3 is 0 Å². The van der Waals surface area contributed by atoms with Gasteiger partial charge in [0.2, 0.25) is 0 Å². The summed E-state index contributed by atoms with van der Waals surface area (Å²) >= 11 is 3.19. The Morgan fingerprint density at radius 1 is 1.67 bits per heavy atom. The summed E-state index contributed by atoms with van der Waals surface area (Å²) in [6.07, 6.45) is 0.687. The second kappa shape index (κ2) is 2.82. The predicted octanol–water partition coefficient (Wildman–Crippen LogP) is 1.99. The lowest BCUT2D eigenvalue weighted by Crippen LogP contribution is -1.69. The molecule has 48 valence electrons. The second-order valence-corrected chi connectivity index (χ2v) is 2.12. The molecule has 0 bridgehead atoms. The maximum absolute atomic E-state index is 10.0. The molecule has 0 spiro atoms. The lowest BCUT2D eigenvalue weighted by Gasteiger charge is -1.81. The molecule has 0 saturated carbocycles. The number of hydrogen-bond acceptors (Lipinski definition) is 2. The van der Waals surface area contributed by atoms with Gasteiger partial charge in [-0.05, 0) is 12.1 Å². The van der Waals surface area contributed by atoms with Crippen molar-refractivity contribution in [1.82, 2.24) is 0 Å². The molecule has 0 aromatic carbocycles. The van der Waals surface area contributed by atoms with Gasteiger partial charge in [-0.2, -0.15) is 0 Å². The van der Waals surface area contributed by atoms with E-state index in [1.165, 1.54) is 0 Å². The highest BCUT2D eigenvalue weighted by molar-refractivity contribution is 9.08. The third kappa shape index (κ3) is 1.42. The van der Waals surface area contributed by atoms with Crippen LogP contribution in [0.5, 0.6) is 0 Å². The minimum atomic E-state index is 0.379. The summed E-state index contributed by atoms with van der Waals surface area (Å²) in [4.78, 5) is 10.0. The topological polar surface area (TPSA) is 30.2 Å². The fraction of sp³-hybridized carbons (Fsp3) is 0.167. The number of hydrogen-bond donors (Lipinski definition) is 0. The molecule has 0 amide bonds. The Morgan fingerprint density at radius 3 is 2.78 bits per heavy atom. The first-order chi connectivity index (χ1) is 4.36. The molecule has 0 radical (unpaired) electrons. The normalized spacial score (nSPS) is 9.44. The van der Waals surface area contributed by atoms with Crippen LogP contribution in [0.2, 0.25) is 0 Å². The largest absolute Gasteiger partial charge is 0.457 e. The van der Waals surface area contributed by atoms with Gasteiger partial charge in [0.05, 0.1) is 5.33 Å². The van der Waals surface area contributed by atoms with Crippen molar-refractivity contribution in [2.75, 3.05) is 0 Å². The average molecular weight is 189 g/mol. The first-order valence-electron chi connectivity index (χ1n) is 2.46. The van der Waals surface area contributed by atoms with E-state index in [0.29, 0.717) is 17.4 Å². The van der Waals surface area contributed by atoms with Crippen molar-refractivity contribution in [3.05, 3.63) is 23.7 Å². The van der Waals surface area contributed by atoms with Crippen molar-refractivity contribution in [2.24, 2.45) is 0 Å². The fourth-order valence-electron chi connectivity index (χ4n) is 0.530. The summed E-state index contributed by atoms with van der Waals surface area (Å²) < 4.78 is 4.97. The second-order valence-electron chi connectivity index (χ2n) is 1.56. The van der Waals surface area contributed by atoms with Crippen LogP contribution < -0.4 is 0 Å². The van der Waals surface area contributed by atoms with Crippen LogP contribution in [0.1, 0.15) is 16.3 Å². The highest BCUT2D eigenvalue weighted by atomic mass is 79.9. The molecule has 1 heterocycles. The zero-order valence-corrected chi connectivity index (χ0v) is 6.22. The Labute approximate surface area is 61.0 Å². The van der Waals surface area contributed by atoms with E-state index in [1.807, 2.05) is 0 Å². The maximum atomic E-state index is 10.0. The molecule has 0 N–H and O–H groups in total. The molecule has 0 fully saturated rings. The van der Waals surface area contributed by atoms with Crippen LogP contribution in [0.15, 0.2) is 16.5 Å². The molecule has 9 heavy (non-hydrogen) atoms. The van der Waals surface area contributed by atoms with Crippen molar-refractivity contribution in [1.29, 1.82) is 0 Å². The van der Waals surface area contributed by atoms with Gasteiger partial charge in [0.1, 0.15) is 5.76 Å². The highest BCUT2D eigenvalue weighted by Crippen LogP contribution is 2.08. The Balaban J connectivity index is 2.86. The minimum absolute atomic E-state index is 0.379. The van der Waals surface area contributed by atoms with E-state index in [1.54, 1.807) is 12.1 Å². The Morgan fingerprint density at radius 2 is 2.44 bits per heavy atom. The standard InChI is InChI=1S/C6H5BrO2/c7-3-5-1-2-6(4-8)9-5/h1-2,4H,3H2. The van der Waals surface area contributed by atoms with Crippen LogP contribution in [0, 0.1) is 0 Å². The molecule has 0 aliphatic carbocycles. The fourth-order valence-corrected chi connectivity index (χ4v) is 0.831. The van der Waals surface area contributed by atoms with Crippen LogP contribution in [-0.4, -0.2) is 6.29 Å². The molecule has 0 aliphatic rings. The SMILES string of the molecule is O=Cc1ccc(CBr)o1. The first-order valence-corrected chi connectivity index (χ1v) is 3.59. The minimum Gasteiger partial charge on any atom is -0.457 e. The third-order valence-electron chi connectivity index (χ3n) is 0.930. The van der Waals surface area contributed by atoms with Crippen molar-refractivity contribution < 1.29 is 9.21 Å². The molecule has 0 unspecified atom stereocenters. The van der Waals surface area contributed by atoms with Crippen molar-refractivity contribution in [2.45, 2.75) is 5.33 Å². The molecule has 0 atom stereocenters. The highest BCUT2D eigenvalue weighted by Gasteiger charge is 1.96. The molecule has 3 heteroatoms. The predicted molar refractivity (Wildman–Crippen MR) is 36.7 cm³/mol. The molecule has 1 rings (SSSR count). The summed E-state index contributed by atoms with van der Waals surface area (Å²) in [5.74, 6) is 1.15. The number of halogens is 1. The lowest BCUT2D eigenvalue weighted by atomic mass is 10.5. The quantitative estimate of drug-likeness (QED) is 0.525. The number of carbonyl (C=O) groups is 1. The van der Waals surface area contributed by atoms with Gasteiger partial charge in [0, 0.05) is 0 Å². The molecule has 2 nitrogen and oxygen atoms in total. The smallest absolute Gasteiger partial charge is 0.185 e. The molecule has 0 aliphatic heterocycles. The zero-order valence-electron chi connectivity index (χ0n) is 4.63. The van der Waals surface area contributed by atoms with Crippen molar-refractivity contribution >= 4 is 22.2 Å². The Bertz CT molecular complexity index is 205. The van der Waals surface area contributed by atoms with Crippen molar-refractivity contribution in [3.63, 3.8) is 0 Å². The van der Waals surface area contributed by atoms with Crippen LogP contribution in [-0.2, 0) is 5.33 Å². The first kappa shape index (κ1) is 6.55. The van der Waals surface area contributed by atoms with E-state index in [-0.39, 0.29) is 0 Å². The molecular formula is C6H5BrO2. The van der Waals surface area contributed by atoms with E-state index in [4.69, 9.17) is 4.42 Å². The summed E-state index contributed by atoms with van der Waals surface area (Å²) in [6, 6.07) is 3.40. The monoisotopic (exact) mass is 188 g/mol. The molecule has 0 saturated heterocycles. The van der Waals surface area contributed by atoms with Crippen LogP contribution in [0.3, 0.4) is 0 Å². The molecule has 1 aromatic heterocycles. The third-order valence-corrected chi connectivity index (χ3v) is 1.48. The summed E-state index contributed by atoms with van der Waals surface area (Å²) in [6.45, 7) is 0. The van der Waals surface area contributed by atoms with E-state index in [0.717, 1.165) is 5.76 Å². The number of aldehydes is 1. The zero-order chi connectivity index (χ0) is 6.69. The van der Waals surface area contributed by atoms with E-state index >= 15 is 0 Å². The van der Waals surface area contributed by atoms with Gasteiger partial charge in [0.25, 0.3) is 0 Å². The van der Waals surface area contributed by atoms with Gasteiger partial charge < -0.3 is 4.42 Å².